The number of carbonyl (C=O) groups excluding carboxylic acids is 1. The first-order chi connectivity index (χ1) is 10.1. The molecule has 3 nitrogen and oxygen atoms in total. The number of carbonyl (C=O) groups is 1. The predicted molar refractivity (Wildman–Crippen MR) is 85.8 cm³/mol. The highest BCUT2D eigenvalue weighted by molar-refractivity contribution is 5.96. The molecule has 0 saturated heterocycles. The minimum absolute atomic E-state index is 0.126. The highest BCUT2D eigenvalue weighted by atomic mass is 16.5. The Morgan fingerprint density at radius 2 is 1.90 bits per heavy atom. The smallest absolute Gasteiger partial charge is 0.163 e. The number of hydrogen-bond acceptors (Lipinski definition) is 3. The molecule has 0 aromatic heterocycles. The van der Waals surface area contributed by atoms with Crippen LogP contribution in [0.4, 0.5) is 5.69 Å². The molecule has 0 saturated carbocycles. The maximum Gasteiger partial charge on any atom is 0.163 e. The average molecular weight is 283 g/mol. The van der Waals surface area contributed by atoms with Gasteiger partial charge in [0.1, 0.15) is 5.75 Å². The zero-order valence-corrected chi connectivity index (χ0v) is 12.5. The number of rotatable bonds is 6. The molecule has 0 aliphatic heterocycles. The van der Waals surface area contributed by atoms with E-state index in [1.54, 1.807) is 0 Å². The van der Waals surface area contributed by atoms with E-state index in [-0.39, 0.29) is 11.7 Å². The van der Waals surface area contributed by atoms with Crippen LogP contribution in [0.15, 0.2) is 48.5 Å². The molecular weight excluding hydrogens is 262 g/mol. The van der Waals surface area contributed by atoms with Gasteiger partial charge in [-0.05, 0) is 42.7 Å². The number of Topliss-reactive ketones (excluding diaryl/α,β-unsaturated/α-hetero) is 1. The van der Waals surface area contributed by atoms with Crippen molar-refractivity contribution in [3.8, 4) is 5.75 Å². The number of ether oxygens (including phenoxy) is 1. The first kappa shape index (κ1) is 15.1. The second kappa shape index (κ2) is 6.93. The first-order valence-corrected chi connectivity index (χ1v) is 7.21. The fourth-order valence-electron chi connectivity index (χ4n) is 2.26. The summed E-state index contributed by atoms with van der Waals surface area (Å²) in [4.78, 5) is 12.4. The van der Waals surface area contributed by atoms with E-state index in [2.05, 4.69) is 6.92 Å². The van der Waals surface area contributed by atoms with Crippen LogP contribution in [0.25, 0.3) is 0 Å². The van der Waals surface area contributed by atoms with E-state index in [9.17, 15) is 4.79 Å². The van der Waals surface area contributed by atoms with Crippen molar-refractivity contribution < 1.29 is 9.53 Å². The molecule has 110 valence electrons. The van der Waals surface area contributed by atoms with E-state index in [0.717, 1.165) is 17.0 Å². The predicted octanol–water partition coefficient (Wildman–Crippen LogP) is 4.04. The molecular formula is C18H21NO2. The number of ketones is 1. The SMILES string of the molecule is CCOc1cccc(C(=O)CC(C)c2ccc(N)cc2)c1. The molecule has 21 heavy (non-hydrogen) atoms. The van der Waals surface area contributed by atoms with Crippen LogP contribution in [0.2, 0.25) is 0 Å². The summed E-state index contributed by atoms with van der Waals surface area (Å²) in [7, 11) is 0. The quantitative estimate of drug-likeness (QED) is 0.643. The lowest BCUT2D eigenvalue weighted by Crippen LogP contribution is -2.05. The molecule has 2 N–H and O–H groups in total. The second-order valence-electron chi connectivity index (χ2n) is 5.16. The van der Waals surface area contributed by atoms with Gasteiger partial charge in [0.25, 0.3) is 0 Å². The van der Waals surface area contributed by atoms with Crippen molar-refractivity contribution in [1.29, 1.82) is 0 Å². The summed E-state index contributed by atoms with van der Waals surface area (Å²) in [5.41, 5.74) is 8.24. The fourth-order valence-corrected chi connectivity index (χ4v) is 2.26. The van der Waals surface area contributed by atoms with E-state index in [4.69, 9.17) is 10.5 Å². The molecule has 1 atom stereocenters. The Labute approximate surface area is 125 Å². The van der Waals surface area contributed by atoms with E-state index in [1.165, 1.54) is 0 Å². The fraction of sp³-hybridized carbons (Fsp3) is 0.278. The summed E-state index contributed by atoms with van der Waals surface area (Å²) in [5.74, 6) is 1.03. The van der Waals surface area contributed by atoms with E-state index in [1.807, 2.05) is 55.5 Å². The van der Waals surface area contributed by atoms with Gasteiger partial charge in [-0.2, -0.15) is 0 Å². The zero-order valence-electron chi connectivity index (χ0n) is 12.5. The molecule has 0 aliphatic rings. The molecule has 0 fully saturated rings. The summed E-state index contributed by atoms with van der Waals surface area (Å²) in [6.07, 6.45) is 0.472. The Morgan fingerprint density at radius 1 is 1.19 bits per heavy atom. The molecule has 0 bridgehead atoms. The molecule has 2 aromatic carbocycles. The molecule has 0 aliphatic carbocycles. The minimum Gasteiger partial charge on any atom is -0.494 e. The van der Waals surface area contributed by atoms with Gasteiger partial charge in [0.15, 0.2) is 5.78 Å². The summed E-state index contributed by atoms with van der Waals surface area (Å²) >= 11 is 0. The normalized spacial score (nSPS) is 11.9. The topological polar surface area (TPSA) is 52.3 Å². The summed E-state index contributed by atoms with van der Waals surface area (Å²) in [6.45, 7) is 4.58. The van der Waals surface area contributed by atoms with Gasteiger partial charge in [0, 0.05) is 17.7 Å². The average Bonchev–Trinajstić information content (AvgIpc) is 2.48. The number of anilines is 1. The molecule has 0 heterocycles. The third-order valence-corrected chi connectivity index (χ3v) is 3.46. The largest absolute Gasteiger partial charge is 0.494 e. The summed E-state index contributed by atoms with van der Waals surface area (Å²) < 4.78 is 5.43. The van der Waals surface area contributed by atoms with E-state index < -0.39 is 0 Å². The van der Waals surface area contributed by atoms with Crippen LogP contribution in [0.3, 0.4) is 0 Å². The van der Waals surface area contributed by atoms with Crippen molar-refractivity contribution >= 4 is 11.5 Å². The third-order valence-electron chi connectivity index (χ3n) is 3.46. The van der Waals surface area contributed by atoms with Crippen LogP contribution < -0.4 is 10.5 Å². The molecule has 2 rings (SSSR count). The maximum atomic E-state index is 12.4. The van der Waals surface area contributed by atoms with Crippen LogP contribution in [-0.4, -0.2) is 12.4 Å². The van der Waals surface area contributed by atoms with Gasteiger partial charge in [-0.3, -0.25) is 4.79 Å². The first-order valence-electron chi connectivity index (χ1n) is 7.21. The Hall–Kier alpha value is -2.29. The van der Waals surface area contributed by atoms with Gasteiger partial charge in [0.05, 0.1) is 6.61 Å². The summed E-state index contributed by atoms with van der Waals surface area (Å²) in [6, 6.07) is 15.0. The van der Waals surface area contributed by atoms with Crippen LogP contribution in [0.5, 0.6) is 5.75 Å². The van der Waals surface area contributed by atoms with Crippen molar-refractivity contribution in [1.82, 2.24) is 0 Å². The Bertz CT molecular complexity index is 605. The molecule has 3 heteroatoms. The lowest BCUT2D eigenvalue weighted by atomic mass is 9.93. The Kier molecular flexibility index (Phi) is 4.99. The standard InChI is InChI=1S/C18H21NO2/c1-3-21-17-6-4-5-15(12-17)18(20)11-13(2)14-7-9-16(19)10-8-14/h4-10,12-13H,3,11,19H2,1-2H3. The molecule has 1 unspecified atom stereocenters. The molecule has 0 spiro atoms. The monoisotopic (exact) mass is 283 g/mol. The van der Waals surface area contributed by atoms with Crippen LogP contribution in [0.1, 0.15) is 42.1 Å². The van der Waals surface area contributed by atoms with Gasteiger partial charge in [-0.1, -0.05) is 31.2 Å². The zero-order chi connectivity index (χ0) is 15.2. The summed E-state index contributed by atoms with van der Waals surface area (Å²) in [5, 5.41) is 0. The number of benzene rings is 2. The van der Waals surface area contributed by atoms with Crippen LogP contribution >= 0.6 is 0 Å². The molecule has 0 radical (unpaired) electrons. The maximum absolute atomic E-state index is 12.4. The Balaban J connectivity index is 2.06. The Morgan fingerprint density at radius 3 is 2.57 bits per heavy atom. The van der Waals surface area contributed by atoms with Gasteiger partial charge in [-0.15, -0.1) is 0 Å². The van der Waals surface area contributed by atoms with Gasteiger partial charge >= 0.3 is 0 Å². The minimum atomic E-state index is 0.126. The van der Waals surface area contributed by atoms with Crippen molar-refractivity contribution in [2.45, 2.75) is 26.2 Å². The van der Waals surface area contributed by atoms with Crippen molar-refractivity contribution in [2.75, 3.05) is 12.3 Å². The van der Waals surface area contributed by atoms with E-state index >= 15 is 0 Å². The van der Waals surface area contributed by atoms with Crippen molar-refractivity contribution in [3.05, 3.63) is 59.7 Å². The highest BCUT2D eigenvalue weighted by Crippen LogP contribution is 2.23. The number of nitrogens with two attached hydrogens (primary N) is 1. The van der Waals surface area contributed by atoms with Crippen LogP contribution in [-0.2, 0) is 0 Å². The van der Waals surface area contributed by atoms with Gasteiger partial charge < -0.3 is 10.5 Å². The van der Waals surface area contributed by atoms with E-state index in [0.29, 0.717) is 18.6 Å². The lowest BCUT2D eigenvalue weighted by molar-refractivity contribution is 0.0975. The molecule has 0 amide bonds. The number of hydrogen-bond donors (Lipinski definition) is 1. The second-order valence-corrected chi connectivity index (χ2v) is 5.16. The molecule has 2 aromatic rings. The van der Waals surface area contributed by atoms with Crippen molar-refractivity contribution in [3.63, 3.8) is 0 Å². The van der Waals surface area contributed by atoms with Crippen LogP contribution in [0, 0.1) is 0 Å². The van der Waals surface area contributed by atoms with Gasteiger partial charge in [-0.25, -0.2) is 0 Å². The number of nitrogen functional groups attached to an aromatic ring is 1. The van der Waals surface area contributed by atoms with Crippen molar-refractivity contribution in [2.24, 2.45) is 0 Å². The lowest BCUT2D eigenvalue weighted by Gasteiger charge is -2.12. The third kappa shape index (κ3) is 4.09. The highest BCUT2D eigenvalue weighted by Gasteiger charge is 2.13. The van der Waals surface area contributed by atoms with Gasteiger partial charge in [0.2, 0.25) is 0 Å².